The fourth-order valence-electron chi connectivity index (χ4n) is 5.06. The molecule has 1 aromatic heterocycles. The molecule has 0 saturated carbocycles. The van der Waals surface area contributed by atoms with Gasteiger partial charge >= 0.3 is 0 Å². The fourth-order valence-corrected chi connectivity index (χ4v) is 5.06. The van der Waals surface area contributed by atoms with Crippen LogP contribution in [0.25, 0.3) is 0 Å². The Morgan fingerprint density at radius 2 is 1.93 bits per heavy atom. The Morgan fingerprint density at radius 3 is 2.67 bits per heavy atom. The first-order chi connectivity index (χ1) is 14.5. The maximum atomic E-state index is 13.2. The molecule has 0 bridgehead atoms. The molecule has 30 heavy (non-hydrogen) atoms. The monoisotopic (exact) mass is 409 g/mol. The average Bonchev–Trinajstić information content (AvgIpc) is 3.11. The number of carbonyl (C=O) groups excluding carboxylic acids is 2. The number of piperidine rings is 2. The van der Waals surface area contributed by atoms with Crippen molar-refractivity contribution in [2.75, 3.05) is 19.6 Å². The summed E-state index contributed by atoms with van der Waals surface area (Å²) in [6.07, 6.45) is 5.31. The molecule has 2 atom stereocenters. The quantitative estimate of drug-likeness (QED) is 0.754. The van der Waals surface area contributed by atoms with Crippen molar-refractivity contribution in [1.82, 2.24) is 15.0 Å². The summed E-state index contributed by atoms with van der Waals surface area (Å²) in [4.78, 5) is 30.0. The van der Waals surface area contributed by atoms with Crippen molar-refractivity contribution < 1.29 is 14.1 Å². The number of rotatable bonds is 5. The number of hydrogen-bond acceptors (Lipinski definition) is 4. The molecular weight excluding hydrogens is 378 g/mol. The van der Waals surface area contributed by atoms with E-state index in [0.29, 0.717) is 29.4 Å². The predicted octanol–water partition coefficient (Wildman–Crippen LogP) is 3.77. The molecule has 0 unspecified atom stereocenters. The van der Waals surface area contributed by atoms with Crippen LogP contribution < -0.4 is 0 Å². The molecule has 0 radical (unpaired) electrons. The number of fused-ring (bicyclic) bond motifs is 1. The van der Waals surface area contributed by atoms with Crippen molar-refractivity contribution in [2.45, 2.75) is 58.4 Å². The van der Waals surface area contributed by atoms with E-state index in [1.165, 1.54) is 5.56 Å². The molecule has 6 heteroatoms. The minimum atomic E-state index is 0.0311. The van der Waals surface area contributed by atoms with Crippen LogP contribution in [0, 0.1) is 19.8 Å². The predicted molar refractivity (Wildman–Crippen MR) is 114 cm³/mol. The van der Waals surface area contributed by atoms with Gasteiger partial charge in [0.2, 0.25) is 5.91 Å². The van der Waals surface area contributed by atoms with Gasteiger partial charge in [-0.15, -0.1) is 0 Å². The first-order valence-electron chi connectivity index (χ1n) is 11.1. The Labute approximate surface area is 178 Å². The van der Waals surface area contributed by atoms with Crippen LogP contribution in [0.1, 0.15) is 59.5 Å². The zero-order valence-electron chi connectivity index (χ0n) is 18.0. The standard InChI is InChI=1S/C24H31N3O3/c1-17-23(18(2)30-25-17)24(29)27-14-7-11-20-16-26(15-13-21(20)27)22(28)12-6-10-19-8-4-3-5-9-19/h3-5,8-9,20-21H,6-7,10-16H2,1-2H3/t20-,21+/m1/s1. The first-order valence-corrected chi connectivity index (χ1v) is 11.1. The SMILES string of the molecule is Cc1noc(C)c1C(=O)N1CCC[C@@H]2CN(C(=O)CCCc3ccccc3)CC[C@@H]21. The molecule has 2 amide bonds. The maximum Gasteiger partial charge on any atom is 0.259 e. The van der Waals surface area contributed by atoms with Gasteiger partial charge in [-0.3, -0.25) is 9.59 Å². The summed E-state index contributed by atoms with van der Waals surface area (Å²) >= 11 is 0. The molecule has 2 fully saturated rings. The Bertz CT molecular complexity index is 873. The van der Waals surface area contributed by atoms with Gasteiger partial charge in [-0.25, -0.2) is 0 Å². The van der Waals surface area contributed by atoms with Crippen LogP contribution in [0.3, 0.4) is 0 Å². The highest BCUT2D eigenvalue weighted by Gasteiger charge is 2.40. The molecule has 2 aromatic rings. The molecule has 0 spiro atoms. The highest BCUT2D eigenvalue weighted by molar-refractivity contribution is 5.96. The first kappa shape index (κ1) is 20.6. The summed E-state index contributed by atoms with van der Waals surface area (Å²) < 4.78 is 5.21. The topological polar surface area (TPSA) is 66.7 Å². The number of aromatic nitrogens is 1. The second-order valence-electron chi connectivity index (χ2n) is 8.63. The van der Waals surface area contributed by atoms with Gasteiger partial charge in [-0.1, -0.05) is 35.5 Å². The number of carbonyl (C=O) groups is 2. The fraction of sp³-hybridized carbons (Fsp3) is 0.542. The minimum Gasteiger partial charge on any atom is -0.361 e. The molecule has 2 saturated heterocycles. The summed E-state index contributed by atoms with van der Waals surface area (Å²) in [5.41, 5.74) is 2.55. The lowest BCUT2D eigenvalue weighted by atomic mass is 9.83. The normalized spacial score (nSPS) is 21.4. The van der Waals surface area contributed by atoms with Gasteiger partial charge in [-0.05, 0) is 57.4 Å². The molecule has 0 N–H and O–H groups in total. The van der Waals surface area contributed by atoms with Crippen molar-refractivity contribution in [3.05, 3.63) is 52.9 Å². The van der Waals surface area contributed by atoms with Crippen LogP contribution in [0.4, 0.5) is 0 Å². The van der Waals surface area contributed by atoms with E-state index in [0.717, 1.165) is 51.7 Å². The third-order valence-corrected chi connectivity index (χ3v) is 6.63. The van der Waals surface area contributed by atoms with Crippen molar-refractivity contribution >= 4 is 11.8 Å². The number of nitrogens with zero attached hydrogens (tertiary/aromatic N) is 3. The van der Waals surface area contributed by atoms with E-state index < -0.39 is 0 Å². The highest BCUT2D eigenvalue weighted by atomic mass is 16.5. The third-order valence-electron chi connectivity index (χ3n) is 6.63. The maximum absolute atomic E-state index is 13.2. The van der Waals surface area contributed by atoms with Crippen LogP contribution in [0.15, 0.2) is 34.9 Å². The van der Waals surface area contributed by atoms with E-state index in [1.54, 1.807) is 6.92 Å². The van der Waals surface area contributed by atoms with E-state index in [-0.39, 0.29) is 17.9 Å². The lowest BCUT2D eigenvalue weighted by Crippen LogP contribution is -2.56. The third kappa shape index (κ3) is 4.27. The number of aryl methyl sites for hydroxylation is 3. The summed E-state index contributed by atoms with van der Waals surface area (Å²) in [6.45, 7) is 5.89. The van der Waals surface area contributed by atoms with E-state index in [9.17, 15) is 9.59 Å². The molecule has 6 nitrogen and oxygen atoms in total. The second kappa shape index (κ2) is 9.02. The van der Waals surface area contributed by atoms with Crippen molar-refractivity contribution in [2.24, 2.45) is 5.92 Å². The molecule has 1 aromatic carbocycles. The van der Waals surface area contributed by atoms with Crippen LogP contribution >= 0.6 is 0 Å². The lowest BCUT2D eigenvalue weighted by Gasteiger charge is -2.47. The number of likely N-dealkylation sites (tertiary alicyclic amines) is 2. The zero-order chi connectivity index (χ0) is 21.1. The van der Waals surface area contributed by atoms with Crippen LogP contribution in [-0.2, 0) is 11.2 Å². The van der Waals surface area contributed by atoms with Gasteiger partial charge in [0, 0.05) is 32.1 Å². The number of amides is 2. The van der Waals surface area contributed by atoms with Gasteiger partial charge in [0.1, 0.15) is 11.3 Å². The van der Waals surface area contributed by atoms with Crippen molar-refractivity contribution in [1.29, 1.82) is 0 Å². The van der Waals surface area contributed by atoms with E-state index in [4.69, 9.17) is 4.52 Å². The molecule has 2 aliphatic rings. The number of benzene rings is 1. The van der Waals surface area contributed by atoms with Gasteiger partial charge in [0.25, 0.3) is 5.91 Å². The molecule has 160 valence electrons. The van der Waals surface area contributed by atoms with Crippen LogP contribution in [0.5, 0.6) is 0 Å². The molecular formula is C24H31N3O3. The van der Waals surface area contributed by atoms with Gasteiger partial charge in [-0.2, -0.15) is 0 Å². The van der Waals surface area contributed by atoms with E-state index in [2.05, 4.69) is 17.3 Å². The molecule has 3 heterocycles. The Balaban J connectivity index is 1.34. The van der Waals surface area contributed by atoms with Gasteiger partial charge < -0.3 is 14.3 Å². The van der Waals surface area contributed by atoms with Gasteiger partial charge in [0.15, 0.2) is 0 Å². The van der Waals surface area contributed by atoms with Crippen LogP contribution in [-0.4, -0.2) is 52.4 Å². The lowest BCUT2D eigenvalue weighted by molar-refractivity contribution is -0.134. The van der Waals surface area contributed by atoms with E-state index in [1.807, 2.05) is 34.9 Å². The minimum absolute atomic E-state index is 0.0311. The van der Waals surface area contributed by atoms with Crippen molar-refractivity contribution in [3.8, 4) is 0 Å². The largest absolute Gasteiger partial charge is 0.361 e. The Hall–Kier alpha value is -2.63. The average molecular weight is 410 g/mol. The van der Waals surface area contributed by atoms with E-state index >= 15 is 0 Å². The highest BCUT2D eigenvalue weighted by Crippen LogP contribution is 2.32. The summed E-state index contributed by atoms with van der Waals surface area (Å²) in [5, 5.41) is 3.95. The Kier molecular flexibility index (Phi) is 6.21. The second-order valence-corrected chi connectivity index (χ2v) is 8.63. The van der Waals surface area contributed by atoms with Crippen LogP contribution in [0.2, 0.25) is 0 Å². The molecule has 4 rings (SSSR count). The molecule has 2 aliphatic heterocycles. The zero-order valence-corrected chi connectivity index (χ0v) is 18.0. The summed E-state index contributed by atoms with van der Waals surface area (Å²) in [5.74, 6) is 1.22. The summed E-state index contributed by atoms with van der Waals surface area (Å²) in [6, 6.07) is 10.5. The van der Waals surface area contributed by atoms with Gasteiger partial charge in [0.05, 0.1) is 5.69 Å². The number of hydrogen-bond donors (Lipinski definition) is 0. The smallest absolute Gasteiger partial charge is 0.259 e. The Morgan fingerprint density at radius 1 is 1.13 bits per heavy atom. The molecule has 0 aliphatic carbocycles. The summed E-state index contributed by atoms with van der Waals surface area (Å²) in [7, 11) is 0. The van der Waals surface area contributed by atoms with Crippen molar-refractivity contribution in [3.63, 3.8) is 0 Å².